The summed E-state index contributed by atoms with van der Waals surface area (Å²) in [5.74, 6) is 0.492. The molecule has 2 aliphatic rings. The number of pyridine rings is 1. The minimum Gasteiger partial charge on any atom is -0.346 e. The van der Waals surface area contributed by atoms with Crippen molar-refractivity contribution >= 4 is 11.8 Å². The fourth-order valence-electron chi connectivity index (χ4n) is 4.40. The molecule has 2 fully saturated rings. The van der Waals surface area contributed by atoms with Gasteiger partial charge >= 0.3 is 0 Å². The maximum atomic E-state index is 12.5. The van der Waals surface area contributed by atoms with E-state index in [0.29, 0.717) is 18.5 Å². The van der Waals surface area contributed by atoms with Crippen LogP contribution < -0.4 is 5.32 Å². The molecule has 2 amide bonds. The Morgan fingerprint density at radius 1 is 1.20 bits per heavy atom. The third-order valence-corrected chi connectivity index (χ3v) is 6.54. The number of likely N-dealkylation sites (tertiary alicyclic amines) is 1. The van der Waals surface area contributed by atoms with E-state index in [2.05, 4.69) is 46.1 Å². The number of rotatable bonds is 8. The smallest absolute Gasteiger partial charge is 0.241 e. The molecule has 7 nitrogen and oxygen atoms in total. The minimum atomic E-state index is -0.0490. The van der Waals surface area contributed by atoms with Crippen LogP contribution in [-0.2, 0) is 16.1 Å². The van der Waals surface area contributed by atoms with Crippen LogP contribution >= 0.6 is 0 Å². The number of carbonyl (C=O) groups is 2. The summed E-state index contributed by atoms with van der Waals surface area (Å²) in [7, 11) is 0. The predicted molar refractivity (Wildman–Crippen MR) is 118 cm³/mol. The lowest BCUT2D eigenvalue weighted by Crippen LogP contribution is -2.57. The highest BCUT2D eigenvalue weighted by atomic mass is 16.2. The molecule has 3 heterocycles. The fraction of sp³-hybridized carbons (Fsp3) is 0.696. The van der Waals surface area contributed by atoms with Crippen molar-refractivity contribution in [2.24, 2.45) is 5.92 Å². The van der Waals surface area contributed by atoms with Gasteiger partial charge in [-0.1, -0.05) is 26.3 Å². The Morgan fingerprint density at radius 3 is 2.63 bits per heavy atom. The van der Waals surface area contributed by atoms with Crippen LogP contribution in [0.15, 0.2) is 18.3 Å². The summed E-state index contributed by atoms with van der Waals surface area (Å²) >= 11 is 0. The number of amides is 2. The zero-order valence-corrected chi connectivity index (χ0v) is 18.8. The summed E-state index contributed by atoms with van der Waals surface area (Å²) in [6.45, 7) is 12.2. The Kier molecular flexibility index (Phi) is 8.22. The molecule has 0 bridgehead atoms. The zero-order chi connectivity index (χ0) is 21.5. The van der Waals surface area contributed by atoms with Gasteiger partial charge in [-0.3, -0.25) is 24.4 Å². The van der Waals surface area contributed by atoms with Crippen LogP contribution in [0.4, 0.5) is 0 Å². The highest BCUT2D eigenvalue weighted by molar-refractivity contribution is 5.85. The molecule has 1 N–H and O–H groups in total. The molecule has 0 unspecified atom stereocenters. The van der Waals surface area contributed by atoms with E-state index in [1.54, 1.807) is 0 Å². The summed E-state index contributed by atoms with van der Waals surface area (Å²) in [4.78, 5) is 35.8. The fourth-order valence-corrected chi connectivity index (χ4v) is 4.40. The first-order chi connectivity index (χ1) is 14.5. The van der Waals surface area contributed by atoms with Crippen molar-refractivity contribution < 1.29 is 9.59 Å². The normalized spacial score (nSPS) is 21.6. The summed E-state index contributed by atoms with van der Waals surface area (Å²) < 4.78 is 0. The predicted octanol–water partition coefficient (Wildman–Crippen LogP) is 1.66. The van der Waals surface area contributed by atoms with Gasteiger partial charge in [-0.25, -0.2) is 0 Å². The highest BCUT2D eigenvalue weighted by Crippen LogP contribution is 2.21. The van der Waals surface area contributed by atoms with Crippen LogP contribution in [0.1, 0.15) is 44.4 Å². The third-order valence-electron chi connectivity index (χ3n) is 6.54. The van der Waals surface area contributed by atoms with Gasteiger partial charge < -0.3 is 10.2 Å². The number of hydrogen-bond donors (Lipinski definition) is 1. The molecule has 2 atom stereocenters. The lowest BCUT2D eigenvalue weighted by molar-refractivity contribution is -0.132. The topological polar surface area (TPSA) is 68.8 Å². The van der Waals surface area contributed by atoms with Gasteiger partial charge in [-0.2, -0.15) is 0 Å². The molecule has 3 rings (SSSR count). The monoisotopic (exact) mass is 415 g/mol. The average Bonchev–Trinajstić information content (AvgIpc) is 3.29. The molecule has 2 saturated heterocycles. The average molecular weight is 416 g/mol. The first kappa shape index (κ1) is 22.7. The SMILES string of the molecule is CC[C@@H](C)[C@@H]1CN(Cc2ccc(C)nc2)CCN1CC(=O)NCC(=O)N1CCCC1. The van der Waals surface area contributed by atoms with Gasteiger partial charge in [0.05, 0.1) is 13.1 Å². The molecule has 0 aromatic carbocycles. The van der Waals surface area contributed by atoms with Crippen molar-refractivity contribution in [2.75, 3.05) is 45.8 Å². The molecular weight excluding hydrogens is 378 g/mol. The standard InChI is InChI=1S/C23H37N5O2/c1-4-18(2)21-16-26(15-20-8-7-19(3)24-13-20)11-12-28(21)17-22(29)25-14-23(30)27-9-5-6-10-27/h7-8,13,18,21H,4-6,9-12,14-17H2,1-3H3,(H,25,29)/t18-,21+/m1/s1. The number of piperazine rings is 1. The second-order valence-electron chi connectivity index (χ2n) is 8.83. The number of carbonyl (C=O) groups excluding carboxylic acids is 2. The lowest BCUT2D eigenvalue weighted by atomic mass is 9.95. The summed E-state index contributed by atoms with van der Waals surface area (Å²) in [5.41, 5.74) is 2.27. The summed E-state index contributed by atoms with van der Waals surface area (Å²) in [6, 6.07) is 4.55. The molecule has 166 valence electrons. The number of aromatic nitrogens is 1. The molecule has 0 aliphatic carbocycles. The molecule has 1 aromatic rings. The lowest BCUT2D eigenvalue weighted by Gasteiger charge is -2.43. The molecule has 2 aliphatic heterocycles. The van der Waals surface area contributed by atoms with E-state index in [1.165, 1.54) is 5.56 Å². The van der Waals surface area contributed by atoms with Gasteiger partial charge in [0.1, 0.15) is 0 Å². The molecule has 0 radical (unpaired) electrons. The van der Waals surface area contributed by atoms with Gasteiger partial charge in [-0.05, 0) is 37.3 Å². The van der Waals surface area contributed by atoms with Crippen LogP contribution in [0.5, 0.6) is 0 Å². The van der Waals surface area contributed by atoms with Gasteiger partial charge in [0.15, 0.2) is 0 Å². The Balaban J connectivity index is 1.51. The summed E-state index contributed by atoms with van der Waals surface area (Å²) in [5, 5.41) is 2.85. The Labute approximate surface area is 180 Å². The molecular formula is C23H37N5O2. The Bertz CT molecular complexity index is 702. The van der Waals surface area contributed by atoms with Crippen molar-refractivity contribution in [1.82, 2.24) is 25.0 Å². The van der Waals surface area contributed by atoms with E-state index in [9.17, 15) is 9.59 Å². The van der Waals surface area contributed by atoms with E-state index in [-0.39, 0.29) is 18.4 Å². The van der Waals surface area contributed by atoms with Crippen LogP contribution in [0.25, 0.3) is 0 Å². The van der Waals surface area contributed by atoms with Crippen LogP contribution in [0.2, 0.25) is 0 Å². The number of hydrogen-bond acceptors (Lipinski definition) is 5. The van der Waals surface area contributed by atoms with Gasteiger partial charge in [0, 0.05) is 57.2 Å². The first-order valence-electron chi connectivity index (χ1n) is 11.4. The molecule has 0 saturated carbocycles. The summed E-state index contributed by atoms with van der Waals surface area (Å²) in [6.07, 6.45) is 5.18. The largest absolute Gasteiger partial charge is 0.346 e. The van der Waals surface area contributed by atoms with E-state index in [0.717, 1.165) is 64.2 Å². The minimum absolute atomic E-state index is 0.0378. The second kappa shape index (κ2) is 10.9. The van der Waals surface area contributed by atoms with E-state index in [4.69, 9.17) is 0 Å². The highest BCUT2D eigenvalue weighted by Gasteiger charge is 2.31. The second-order valence-corrected chi connectivity index (χ2v) is 8.83. The van der Waals surface area contributed by atoms with Crippen molar-refractivity contribution in [1.29, 1.82) is 0 Å². The van der Waals surface area contributed by atoms with Crippen LogP contribution in [0.3, 0.4) is 0 Å². The number of aryl methyl sites for hydroxylation is 1. The first-order valence-corrected chi connectivity index (χ1v) is 11.4. The zero-order valence-electron chi connectivity index (χ0n) is 18.8. The van der Waals surface area contributed by atoms with E-state index < -0.39 is 0 Å². The van der Waals surface area contributed by atoms with Gasteiger partial charge in [0.25, 0.3) is 0 Å². The maximum Gasteiger partial charge on any atom is 0.241 e. The Hall–Kier alpha value is -1.99. The van der Waals surface area contributed by atoms with Crippen molar-refractivity contribution in [3.05, 3.63) is 29.6 Å². The van der Waals surface area contributed by atoms with Crippen LogP contribution in [0, 0.1) is 12.8 Å². The van der Waals surface area contributed by atoms with Crippen molar-refractivity contribution in [3.8, 4) is 0 Å². The molecule has 0 spiro atoms. The quantitative estimate of drug-likeness (QED) is 0.699. The van der Waals surface area contributed by atoms with E-state index in [1.807, 2.05) is 18.0 Å². The van der Waals surface area contributed by atoms with E-state index >= 15 is 0 Å². The molecule has 1 aromatic heterocycles. The van der Waals surface area contributed by atoms with Gasteiger partial charge in [-0.15, -0.1) is 0 Å². The third kappa shape index (κ3) is 6.25. The molecule has 30 heavy (non-hydrogen) atoms. The number of nitrogens with zero attached hydrogens (tertiary/aromatic N) is 4. The van der Waals surface area contributed by atoms with Gasteiger partial charge in [0.2, 0.25) is 11.8 Å². The number of nitrogens with one attached hydrogen (secondary N) is 1. The maximum absolute atomic E-state index is 12.5. The van der Waals surface area contributed by atoms with Crippen molar-refractivity contribution in [2.45, 2.75) is 52.6 Å². The Morgan fingerprint density at radius 2 is 1.97 bits per heavy atom. The molecule has 7 heteroatoms. The van der Waals surface area contributed by atoms with Crippen LogP contribution in [-0.4, -0.2) is 83.4 Å². The van der Waals surface area contributed by atoms with Crippen molar-refractivity contribution in [3.63, 3.8) is 0 Å².